The van der Waals surface area contributed by atoms with Crippen LogP contribution in [-0.2, 0) is 16.0 Å². The molecular formula is C21H30N4O4. The number of amides is 1. The molecule has 1 heterocycles. The van der Waals surface area contributed by atoms with Crippen LogP contribution in [0.3, 0.4) is 0 Å². The number of hydrogen-bond acceptors (Lipinski definition) is 5. The third-order valence-electron chi connectivity index (χ3n) is 3.88. The zero-order chi connectivity index (χ0) is 20.7. The van der Waals surface area contributed by atoms with E-state index in [0.29, 0.717) is 32.1 Å². The normalized spacial score (nSPS) is 11.3. The number of rotatable bonds is 12. The Hall–Kier alpha value is -2.84. The Labute approximate surface area is 171 Å². The van der Waals surface area contributed by atoms with Crippen LogP contribution in [0.1, 0.15) is 29.5 Å². The largest absolute Gasteiger partial charge is 0.459 e. The first-order valence-corrected chi connectivity index (χ1v) is 9.75. The van der Waals surface area contributed by atoms with E-state index in [2.05, 4.69) is 20.9 Å². The fraction of sp³-hybridized carbons (Fsp3) is 0.429. The molecule has 1 aromatic heterocycles. The molecule has 29 heavy (non-hydrogen) atoms. The Kier molecular flexibility index (Phi) is 10.3. The SMILES string of the molecule is CCNC(=NCc1cccc(NC(=O)c2ccco2)c1)NCCCOCCOC. The molecule has 1 amide bonds. The van der Waals surface area contributed by atoms with Gasteiger partial charge in [-0.05, 0) is 43.2 Å². The Bertz CT molecular complexity index is 747. The molecule has 0 bridgehead atoms. The van der Waals surface area contributed by atoms with Gasteiger partial charge < -0.3 is 29.8 Å². The molecule has 1 aromatic carbocycles. The summed E-state index contributed by atoms with van der Waals surface area (Å²) in [6.45, 7) is 5.94. The Morgan fingerprint density at radius 1 is 1.14 bits per heavy atom. The number of carbonyl (C=O) groups excluding carboxylic acids is 1. The van der Waals surface area contributed by atoms with Crippen LogP contribution in [0.25, 0.3) is 0 Å². The van der Waals surface area contributed by atoms with Gasteiger partial charge in [-0.1, -0.05) is 12.1 Å². The fourth-order valence-electron chi connectivity index (χ4n) is 2.49. The summed E-state index contributed by atoms with van der Waals surface area (Å²) in [6, 6.07) is 10.9. The van der Waals surface area contributed by atoms with Crippen LogP contribution in [0.5, 0.6) is 0 Å². The molecule has 0 aliphatic heterocycles. The van der Waals surface area contributed by atoms with E-state index in [0.717, 1.165) is 31.0 Å². The second-order valence-electron chi connectivity index (χ2n) is 6.21. The topological polar surface area (TPSA) is 97.1 Å². The van der Waals surface area contributed by atoms with E-state index in [1.54, 1.807) is 19.2 Å². The second kappa shape index (κ2) is 13.4. The number of aliphatic imine (C=N–C) groups is 1. The fourth-order valence-corrected chi connectivity index (χ4v) is 2.49. The van der Waals surface area contributed by atoms with Gasteiger partial charge in [0.25, 0.3) is 5.91 Å². The van der Waals surface area contributed by atoms with Crippen LogP contribution in [0, 0.1) is 0 Å². The van der Waals surface area contributed by atoms with Crippen molar-refractivity contribution in [2.24, 2.45) is 4.99 Å². The summed E-state index contributed by atoms with van der Waals surface area (Å²) in [4.78, 5) is 16.7. The number of ether oxygens (including phenoxy) is 2. The highest BCUT2D eigenvalue weighted by Crippen LogP contribution is 2.13. The molecule has 2 aromatic rings. The number of hydrogen-bond donors (Lipinski definition) is 3. The second-order valence-corrected chi connectivity index (χ2v) is 6.21. The molecule has 0 unspecified atom stereocenters. The van der Waals surface area contributed by atoms with Gasteiger partial charge in [-0.3, -0.25) is 4.79 Å². The van der Waals surface area contributed by atoms with Crippen molar-refractivity contribution in [2.45, 2.75) is 19.9 Å². The number of furan rings is 1. The van der Waals surface area contributed by atoms with Gasteiger partial charge in [-0.2, -0.15) is 0 Å². The number of methoxy groups -OCH3 is 1. The summed E-state index contributed by atoms with van der Waals surface area (Å²) in [5.41, 5.74) is 1.69. The standard InChI is InChI=1S/C21H30N4O4/c1-3-22-21(23-10-6-11-28-14-13-27-2)24-16-17-7-4-8-18(15-17)25-20(26)19-9-5-12-29-19/h4-5,7-9,12,15H,3,6,10-11,13-14,16H2,1-2H3,(H,25,26)(H2,22,23,24). The lowest BCUT2D eigenvalue weighted by atomic mass is 10.2. The lowest BCUT2D eigenvalue weighted by Gasteiger charge is -2.12. The zero-order valence-electron chi connectivity index (χ0n) is 17.1. The predicted octanol–water partition coefficient (Wildman–Crippen LogP) is 2.64. The third kappa shape index (κ3) is 8.80. The van der Waals surface area contributed by atoms with E-state index in [4.69, 9.17) is 13.9 Å². The number of nitrogens with one attached hydrogen (secondary N) is 3. The number of carbonyl (C=O) groups is 1. The minimum atomic E-state index is -0.279. The van der Waals surface area contributed by atoms with Gasteiger partial charge in [0.15, 0.2) is 11.7 Å². The minimum absolute atomic E-state index is 0.276. The van der Waals surface area contributed by atoms with Crippen molar-refractivity contribution in [1.29, 1.82) is 0 Å². The molecule has 0 saturated carbocycles. The maximum atomic E-state index is 12.1. The molecule has 0 saturated heterocycles. The molecular weight excluding hydrogens is 372 g/mol. The minimum Gasteiger partial charge on any atom is -0.459 e. The van der Waals surface area contributed by atoms with Crippen molar-refractivity contribution in [2.75, 3.05) is 45.3 Å². The molecule has 0 radical (unpaired) electrons. The highest BCUT2D eigenvalue weighted by atomic mass is 16.5. The third-order valence-corrected chi connectivity index (χ3v) is 3.88. The van der Waals surface area contributed by atoms with E-state index < -0.39 is 0 Å². The molecule has 3 N–H and O–H groups in total. The molecule has 0 fully saturated rings. The summed E-state index contributed by atoms with van der Waals surface area (Å²) in [5, 5.41) is 9.34. The average Bonchev–Trinajstić information content (AvgIpc) is 3.26. The van der Waals surface area contributed by atoms with Crippen molar-refractivity contribution in [3.8, 4) is 0 Å². The average molecular weight is 402 g/mol. The maximum Gasteiger partial charge on any atom is 0.291 e. The molecule has 0 aliphatic rings. The number of anilines is 1. The molecule has 158 valence electrons. The van der Waals surface area contributed by atoms with Crippen LogP contribution in [0.15, 0.2) is 52.1 Å². The van der Waals surface area contributed by atoms with Crippen LogP contribution in [0.4, 0.5) is 5.69 Å². The smallest absolute Gasteiger partial charge is 0.291 e. The molecule has 8 nitrogen and oxygen atoms in total. The van der Waals surface area contributed by atoms with E-state index in [9.17, 15) is 4.79 Å². The van der Waals surface area contributed by atoms with Crippen LogP contribution in [0.2, 0.25) is 0 Å². The Morgan fingerprint density at radius 3 is 2.79 bits per heavy atom. The molecule has 2 rings (SSSR count). The van der Waals surface area contributed by atoms with Gasteiger partial charge in [0.2, 0.25) is 0 Å². The van der Waals surface area contributed by atoms with E-state index in [-0.39, 0.29) is 11.7 Å². The highest BCUT2D eigenvalue weighted by Gasteiger charge is 2.08. The van der Waals surface area contributed by atoms with Crippen LogP contribution in [-0.4, -0.2) is 51.9 Å². The first-order chi connectivity index (χ1) is 14.2. The number of nitrogens with zero attached hydrogens (tertiary/aromatic N) is 1. The Balaban J connectivity index is 1.82. The van der Waals surface area contributed by atoms with Gasteiger partial charge in [0.05, 0.1) is 26.0 Å². The molecule has 8 heteroatoms. The lowest BCUT2D eigenvalue weighted by molar-refractivity contribution is 0.0698. The summed E-state index contributed by atoms with van der Waals surface area (Å²) < 4.78 is 15.5. The van der Waals surface area contributed by atoms with Gasteiger partial charge in [0, 0.05) is 32.5 Å². The quantitative estimate of drug-likeness (QED) is 0.287. The van der Waals surface area contributed by atoms with Gasteiger partial charge in [-0.25, -0.2) is 4.99 Å². The first-order valence-electron chi connectivity index (χ1n) is 9.75. The molecule has 0 atom stereocenters. The monoisotopic (exact) mass is 402 g/mol. The predicted molar refractivity (Wildman–Crippen MR) is 113 cm³/mol. The molecule has 0 aliphatic carbocycles. The Morgan fingerprint density at radius 2 is 2.03 bits per heavy atom. The van der Waals surface area contributed by atoms with E-state index in [1.165, 1.54) is 6.26 Å². The van der Waals surface area contributed by atoms with Crippen molar-refractivity contribution in [3.05, 3.63) is 54.0 Å². The summed E-state index contributed by atoms with van der Waals surface area (Å²) in [5.74, 6) is 0.742. The number of benzene rings is 1. The van der Waals surface area contributed by atoms with E-state index >= 15 is 0 Å². The van der Waals surface area contributed by atoms with Crippen molar-refractivity contribution < 1.29 is 18.7 Å². The maximum absolute atomic E-state index is 12.1. The first kappa shape index (κ1) is 22.4. The van der Waals surface area contributed by atoms with E-state index in [1.807, 2.05) is 31.2 Å². The van der Waals surface area contributed by atoms with Gasteiger partial charge >= 0.3 is 0 Å². The van der Waals surface area contributed by atoms with Gasteiger partial charge in [0.1, 0.15) is 0 Å². The van der Waals surface area contributed by atoms with Crippen LogP contribution >= 0.6 is 0 Å². The summed E-state index contributed by atoms with van der Waals surface area (Å²) in [7, 11) is 1.66. The highest BCUT2D eigenvalue weighted by molar-refractivity contribution is 6.02. The van der Waals surface area contributed by atoms with Crippen molar-refractivity contribution in [3.63, 3.8) is 0 Å². The lowest BCUT2D eigenvalue weighted by Crippen LogP contribution is -2.38. The summed E-state index contributed by atoms with van der Waals surface area (Å²) in [6.07, 6.45) is 2.35. The van der Waals surface area contributed by atoms with Crippen molar-refractivity contribution in [1.82, 2.24) is 10.6 Å². The zero-order valence-corrected chi connectivity index (χ0v) is 17.1. The molecule has 0 spiro atoms. The number of guanidine groups is 1. The van der Waals surface area contributed by atoms with Gasteiger partial charge in [-0.15, -0.1) is 0 Å². The van der Waals surface area contributed by atoms with Crippen molar-refractivity contribution >= 4 is 17.6 Å². The van der Waals surface area contributed by atoms with Crippen LogP contribution < -0.4 is 16.0 Å². The summed E-state index contributed by atoms with van der Waals surface area (Å²) >= 11 is 0.